The first-order chi connectivity index (χ1) is 15.2. The molecule has 0 radical (unpaired) electrons. The zero-order valence-corrected chi connectivity index (χ0v) is 16.4. The molecule has 3 aromatic carbocycles. The molecule has 6 heteroatoms. The largest absolute Gasteiger partial charge is 0.457 e. The zero-order chi connectivity index (χ0) is 21.2. The molecule has 0 aliphatic heterocycles. The lowest BCUT2D eigenvalue weighted by atomic mass is 10.0. The van der Waals surface area contributed by atoms with E-state index in [1.807, 2.05) is 78.9 Å². The Morgan fingerprint density at radius 1 is 0.839 bits per heavy atom. The molecule has 2 heterocycles. The fraction of sp³-hybridized carbons (Fsp3) is 0. The van der Waals surface area contributed by atoms with Crippen molar-refractivity contribution in [3.05, 3.63) is 96.3 Å². The van der Waals surface area contributed by atoms with Crippen LogP contribution < -0.4 is 10.5 Å². The van der Waals surface area contributed by atoms with E-state index in [4.69, 9.17) is 22.0 Å². The van der Waals surface area contributed by atoms with Crippen LogP contribution in [0, 0.1) is 6.57 Å². The van der Waals surface area contributed by atoms with Crippen LogP contribution >= 0.6 is 0 Å². The maximum atomic E-state index is 7.27. The number of nitrogen functional groups attached to an aromatic ring is 1. The summed E-state index contributed by atoms with van der Waals surface area (Å²) in [4.78, 5) is 8.40. The number of anilines is 1. The molecule has 2 aromatic heterocycles. The second kappa shape index (κ2) is 7.65. The summed E-state index contributed by atoms with van der Waals surface area (Å²) in [5.74, 6) is 1.90. The monoisotopic (exact) mass is 403 g/mol. The Bertz CT molecular complexity index is 1420. The molecule has 0 fully saturated rings. The van der Waals surface area contributed by atoms with E-state index < -0.39 is 0 Å². The highest BCUT2D eigenvalue weighted by molar-refractivity contribution is 6.01. The van der Waals surface area contributed by atoms with Crippen LogP contribution in [-0.4, -0.2) is 15.2 Å². The number of nitrogens with one attached hydrogen (secondary N) is 1. The Labute approximate surface area is 178 Å². The number of benzene rings is 3. The number of rotatable bonds is 4. The highest BCUT2D eigenvalue weighted by Gasteiger charge is 2.15. The van der Waals surface area contributed by atoms with Gasteiger partial charge in [-0.25, -0.2) is 9.83 Å². The van der Waals surface area contributed by atoms with Crippen LogP contribution in [0.15, 0.2) is 84.9 Å². The Morgan fingerprint density at radius 2 is 1.61 bits per heavy atom. The highest BCUT2D eigenvalue weighted by Crippen LogP contribution is 2.35. The molecule has 5 rings (SSSR count). The Balaban J connectivity index is 1.58. The minimum Gasteiger partial charge on any atom is -0.457 e. The van der Waals surface area contributed by atoms with Crippen molar-refractivity contribution in [3.8, 4) is 34.0 Å². The third-order valence-corrected chi connectivity index (χ3v) is 4.95. The average Bonchev–Trinajstić information content (AvgIpc) is 3.20. The van der Waals surface area contributed by atoms with Gasteiger partial charge in [0.25, 0.3) is 0 Å². The number of nitrogens with two attached hydrogens (primary N) is 1. The minimum absolute atomic E-state index is 0.392. The molecule has 0 aliphatic carbocycles. The van der Waals surface area contributed by atoms with Crippen molar-refractivity contribution in [2.45, 2.75) is 0 Å². The molecule has 0 amide bonds. The third kappa shape index (κ3) is 3.56. The van der Waals surface area contributed by atoms with Gasteiger partial charge in [0.2, 0.25) is 0 Å². The van der Waals surface area contributed by atoms with E-state index in [1.165, 1.54) is 0 Å². The zero-order valence-electron chi connectivity index (χ0n) is 16.4. The normalized spacial score (nSPS) is 10.7. The molecule has 0 saturated carbocycles. The van der Waals surface area contributed by atoms with Crippen molar-refractivity contribution < 1.29 is 4.74 Å². The number of aromatic amines is 1. The van der Waals surface area contributed by atoms with E-state index in [0.717, 1.165) is 44.9 Å². The molecule has 5 aromatic rings. The van der Waals surface area contributed by atoms with Crippen LogP contribution in [-0.2, 0) is 0 Å². The van der Waals surface area contributed by atoms with Crippen molar-refractivity contribution in [2.24, 2.45) is 0 Å². The molecule has 6 nitrogen and oxygen atoms in total. The van der Waals surface area contributed by atoms with Gasteiger partial charge in [0.05, 0.1) is 28.9 Å². The maximum Gasteiger partial charge on any atom is 0.187 e. The number of pyridine rings is 1. The molecule has 31 heavy (non-hydrogen) atoms. The molecule has 0 spiro atoms. The first-order valence-electron chi connectivity index (χ1n) is 9.67. The van der Waals surface area contributed by atoms with E-state index in [9.17, 15) is 0 Å². The van der Waals surface area contributed by atoms with E-state index in [-0.39, 0.29) is 0 Å². The molecule has 0 bridgehead atoms. The first-order valence-corrected chi connectivity index (χ1v) is 9.67. The lowest BCUT2D eigenvalue weighted by Crippen LogP contribution is -1.93. The van der Waals surface area contributed by atoms with Crippen molar-refractivity contribution in [3.63, 3.8) is 0 Å². The van der Waals surface area contributed by atoms with Gasteiger partial charge in [-0.05, 0) is 54.1 Å². The fourth-order valence-electron chi connectivity index (χ4n) is 3.47. The summed E-state index contributed by atoms with van der Waals surface area (Å²) in [7, 11) is 0. The van der Waals surface area contributed by atoms with E-state index in [2.05, 4.69) is 15.0 Å². The first kappa shape index (κ1) is 18.4. The number of aromatic nitrogens is 3. The molecule has 0 saturated heterocycles. The van der Waals surface area contributed by atoms with Crippen LogP contribution in [0.3, 0.4) is 0 Å². The Kier molecular flexibility index (Phi) is 4.54. The molecule has 148 valence electrons. The number of H-pyrrole nitrogens is 1. The van der Waals surface area contributed by atoms with Crippen LogP contribution in [0.2, 0.25) is 0 Å². The summed E-state index contributed by atoms with van der Waals surface area (Å²) < 4.78 is 5.89. The molecule has 0 aliphatic rings. The number of hydrogen-bond acceptors (Lipinski definition) is 4. The minimum atomic E-state index is 0.392. The predicted molar refractivity (Wildman–Crippen MR) is 122 cm³/mol. The number of fused-ring (bicyclic) bond motifs is 1. The number of para-hydroxylation sites is 1. The topological polar surface area (TPSA) is 81.2 Å². The third-order valence-electron chi connectivity index (χ3n) is 4.95. The van der Waals surface area contributed by atoms with Crippen LogP contribution in [0.25, 0.3) is 38.3 Å². The molecule has 0 atom stereocenters. The van der Waals surface area contributed by atoms with Gasteiger partial charge in [-0.15, -0.1) is 0 Å². The summed E-state index contributed by atoms with van der Waals surface area (Å²) >= 11 is 0. The number of hydrogen-bond donors (Lipinski definition) is 2. The van der Waals surface area contributed by atoms with E-state index >= 15 is 0 Å². The van der Waals surface area contributed by atoms with Gasteiger partial charge in [0.15, 0.2) is 11.5 Å². The van der Waals surface area contributed by atoms with Gasteiger partial charge in [-0.2, -0.15) is 5.10 Å². The second-order valence-electron chi connectivity index (χ2n) is 6.99. The van der Waals surface area contributed by atoms with Crippen molar-refractivity contribution >= 4 is 22.4 Å². The van der Waals surface area contributed by atoms with Gasteiger partial charge in [-0.1, -0.05) is 36.4 Å². The molecule has 3 N–H and O–H groups in total. The predicted octanol–water partition coefficient (Wildman–Crippen LogP) is 6.22. The van der Waals surface area contributed by atoms with Gasteiger partial charge in [0.1, 0.15) is 11.5 Å². The van der Waals surface area contributed by atoms with E-state index in [1.54, 1.807) is 6.07 Å². The fourth-order valence-corrected chi connectivity index (χ4v) is 3.47. The van der Waals surface area contributed by atoms with Gasteiger partial charge < -0.3 is 10.5 Å². The quantitative estimate of drug-likeness (QED) is 0.349. The lowest BCUT2D eigenvalue weighted by Gasteiger charge is -2.10. The molecular formula is C25H17N5O. The summed E-state index contributed by atoms with van der Waals surface area (Å²) in [5.41, 5.74) is 10.7. The summed E-state index contributed by atoms with van der Waals surface area (Å²) in [6.45, 7) is 7.27. The Hall–Kier alpha value is -4.63. The highest BCUT2D eigenvalue weighted by atomic mass is 16.5. The van der Waals surface area contributed by atoms with Gasteiger partial charge in [-0.3, -0.25) is 5.10 Å². The van der Waals surface area contributed by atoms with Gasteiger partial charge in [0, 0.05) is 5.56 Å². The van der Waals surface area contributed by atoms with Crippen molar-refractivity contribution in [2.75, 3.05) is 5.73 Å². The van der Waals surface area contributed by atoms with Crippen molar-refractivity contribution in [1.82, 2.24) is 15.2 Å². The summed E-state index contributed by atoms with van der Waals surface area (Å²) in [6, 6.07) is 26.6. The SMILES string of the molecule is [C-]#[N+]c1cccc(-c2cc3[nH]nc(N)c3c(-c3ccc(Oc4ccccc4)cc3)n2)c1. The second-order valence-corrected chi connectivity index (χ2v) is 6.99. The standard InChI is InChI=1S/C25H17N5O/c1-27-18-7-5-6-17(14-18)21-15-22-23(25(26)30-29-22)24(28-21)16-10-12-20(13-11-16)31-19-8-3-2-4-9-19/h2-15H,(H3,26,29,30). The molecule has 0 unspecified atom stereocenters. The number of nitrogens with zero attached hydrogens (tertiary/aromatic N) is 3. The van der Waals surface area contributed by atoms with Gasteiger partial charge >= 0.3 is 0 Å². The smallest absolute Gasteiger partial charge is 0.187 e. The summed E-state index contributed by atoms with van der Waals surface area (Å²) in [5, 5.41) is 7.91. The lowest BCUT2D eigenvalue weighted by molar-refractivity contribution is 0.483. The van der Waals surface area contributed by atoms with Crippen LogP contribution in [0.1, 0.15) is 0 Å². The average molecular weight is 403 g/mol. The van der Waals surface area contributed by atoms with E-state index in [0.29, 0.717) is 11.5 Å². The van der Waals surface area contributed by atoms with Crippen LogP contribution in [0.5, 0.6) is 11.5 Å². The maximum absolute atomic E-state index is 7.27. The number of ether oxygens (including phenoxy) is 1. The molecular weight excluding hydrogens is 386 g/mol. The van der Waals surface area contributed by atoms with Crippen molar-refractivity contribution in [1.29, 1.82) is 0 Å². The Morgan fingerprint density at radius 3 is 2.39 bits per heavy atom. The summed E-state index contributed by atoms with van der Waals surface area (Å²) in [6.07, 6.45) is 0. The van der Waals surface area contributed by atoms with Crippen LogP contribution in [0.4, 0.5) is 11.5 Å².